The molecule has 9 nitrogen and oxygen atoms in total. The number of amides is 5. The Morgan fingerprint density at radius 1 is 0.870 bits per heavy atom. The van der Waals surface area contributed by atoms with Gasteiger partial charge in [-0.25, -0.2) is 9.59 Å². The smallest absolute Gasteiger partial charge is 0.322 e. The van der Waals surface area contributed by atoms with Gasteiger partial charge in [0.15, 0.2) is 0 Å². The van der Waals surface area contributed by atoms with E-state index in [0.717, 1.165) is 68.4 Å². The molecule has 0 spiro atoms. The highest BCUT2D eigenvalue weighted by atomic mass is 16.2. The normalized spacial score (nSPS) is 20.9. The molecule has 5 amide bonds. The molecule has 0 radical (unpaired) electrons. The van der Waals surface area contributed by atoms with Gasteiger partial charge in [-0.05, 0) is 99.7 Å². The number of fused-ring (bicyclic) bond motifs is 1. The Kier molecular flexibility index (Phi) is 10.5. The maximum Gasteiger partial charge on any atom is 0.322 e. The number of carbonyl (C=O) groups excluding carboxylic acids is 3. The van der Waals surface area contributed by atoms with Gasteiger partial charge in [0, 0.05) is 56.9 Å². The first kappa shape index (κ1) is 32.4. The maximum absolute atomic E-state index is 14.1. The molecule has 0 bridgehead atoms. The average Bonchev–Trinajstić information content (AvgIpc) is 3.26. The Hall–Kier alpha value is -3.59. The van der Waals surface area contributed by atoms with Crippen molar-refractivity contribution in [2.45, 2.75) is 96.2 Å². The fraction of sp³-hybridized carbons (Fsp3) is 0.595. The largest absolute Gasteiger partial charge is 0.341 e. The number of piperidine rings is 3. The Morgan fingerprint density at radius 3 is 2.28 bits per heavy atom. The Morgan fingerprint density at radius 2 is 1.57 bits per heavy atom. The van der Waals surface area contributed by atoms with Gasteiger partial charge >= 0.3 is 12.1 Å². The van der Waals surface area contributed by atoms with Crippen molar-refractivity contribution in [2.75, 3.05) is 51.1 Å². The predicted molar refractivity (Wildman–Crippen MR) is 182 cm³/mol. The van der Waals surface area contributed by atoms with Crippen LogP contribution in [0.3, 0.4) is 0 Å². The third-order valence-corrected chi connectivity index (χ3v) is 10.8. The van der Waals surface area contributed by atoms with E-state index in [1.54, 1.807) is 0 Å². The van der Waals surface area contributed by atoms with Crippen LogP contribution in [0.1, 0.15) is 74.1 Å². The van der Waals surface area contributed by atoms with Gasteiger partial charge in [-0.3, -0.25) is 4.79 Å². The second-order valence-corrected chi connectivity index (χ2v) is 13.7. The van der Waals surface area contributed by atoms with Crippen LogP contribution in [0.2, 0.25) is 0 Å². The number of nitrogens with zero attached hydrogens (tertiary/aromatic N) is 4. The molecular weight excluding hydrogens is 576 g/mol. The zero-order valence-electron chi connectivity index (χ0n) is 27.8. The Bertz CT molecular complexity index is 1370. The molecule has 248 valence electrons. The lowest BCUT2D eigenvalue weighted by atomic mass is 9.96. The Balaban J connectivity index is 1.08. The standard InChI is InChI=1S/C37H52N6O3/c1-3-29-12-11-28(25-27(29)2)26-34(35(44)41-20-14-31(15-21-41)40-18-7-4-8-19-40)39-36(45)42-22-16-32(17-23-42)43-24-13-30-9-5-6-10-33(30)38-37(43)46/h5-6,9-12,25,31-32,34H,3-4,7-8,13-24,26H2,1-2H3,(H,38,46)(H,39,45)/t34-/m1/s1. The number of para-hydroxylation sites is 1. The molecule has 3 fully saturated rings. The summed E-state index contributed by atoms with van der Waals surface area (Å²) in [5.41, 5.74) is 5.64. The van der Waals surface area contributed by atoms with Crippen LogP contribution in [0, 0.1) is 6.92 Å². The van der Waals surface area contributed by atoms with Crippen LogP contribution < -0.4 is 10.6 Å². The first-order valence-corrected chi connectivity index (χ1v) is 17.7. The van der Waals surface area contributed by atoms with Gasteiger partial charge in [0.1, 0.15) is 6.04 Å². The second kappa shape index (κ2) is 14.9. The molecule has 2 N–H and O–H groups in total. The number of benzene rings is 2. The first-order valence-electron chi connectivity index (χ1n) is 17.7. The predicted octanol–water partition coefficient (Wildman–Crippen LogP) is 5.21. The number of hydrogen-bond acceptors (Lipinski definition) is 4. The monoisotopic (exact) mass is 628 g/mol. The van der Waals surface area contributed by atoms with Crippen molar-refractivity contribution in [1.82, 2.24) is 24.9 Å². The van der Waals surface area contributed by atoms with Crippen molar-refractivity contribution in [3.63, 3.8) is 0 Å². The Labute approximate surface area is 274 Å². The summed E-state index contributed by atoms with van der Waals surface area (Å²) in [5.74, 6) is 0.0263. The van der Waals surface area contributed by atoms with E-state index >= 15 is 0 Å². The molecule has 3 saturated heterocycles. The number of anilines is 1. The zero-order chi connectivity index (χ0) is 32.0. The average molecular weight is 629 g/mol. The van der Waals surface area contributed by atoms with Gasteiger partial charge in [-0.2, -0.15) is 0 Å². The SMILES string of the molecule is CCc1ccc(C[C@@H](NC(=O)N2CCC(N3CCc4ccccc4NC3=O)CC2)C(=O)N2CCC(N3CCCCC3)CC2)cc1C. The molecule has 2 aromatic rings. The molecule has 0 unspecified atom stereocenters. The van der Waals surface area contributed by atoms with Gasteiger partial charge in [0.2, 0.25) is 5.91 Å². The van der Waals surface area contributed by atoms with Crippen LogP contribution in [0.4, 0.5) is 15.3 Å². The highest BCUT2D eigenvalue weighted by Crippen LogP contribution is 2.26. The van der Waals surface area contributed by atoms with Crippen molar-refractivity contribution in [3.8, 4) is 0 Å². The van der Waals surface area contributed by atoms with Gasteiger partial charge in [-0.1, -0.05) is 49.7 Å². The van der Waals surface area contributed by atoms with Crippen LogP contribution in [0.15, 0.2) is 42.5 Å². The molecule has 46 heavy (non-hydrogen) atoms. The van der Waals surface area contributed by atoms with Gasteiger partial charge in [-0.15, -0.1) is 0 Å². The summed E-state index contributed by atoms with van der Waals surface area (Å²) in [6, 6.07) is 14.2. The minimum absolute atomic E-state index is 0.0263. The minimum atomic E-state index is -0.612. The molecule has 2 aromatic carbocycles. The summed E-state index contributed by atoms with van der Waals surface area (Å²) >= 11 is 0. The molecule has 0 saturated carbocycles. The van der Waals surface area contributed by atoms with Crippen LogP contribution in [0.25, 0.3) is 0 Å². The van der Waals surface area contributed by atoms with E-state index in [2.05, 4.69) is 53.6 Å². The van der Waals surface area contributed by atoms with Crippen LogP contribution >= 0.6 is 0 Å². The lowest BCUT2D eigenvalue weighted by molar-refractivity contribution is -0.134. The van der Waals surface area contributed by atoms with E-state index in [4.69, 9.17) is 0 Å². The lowest BCUT2D eigenvalue weighted by Gasteiger charge is -2.41. The number of rotatable bonds is 7. The maximum atomic E-state index is 14.1. The third-order valence-electron chi connectivity index (χ3n) is 10.8. The van der Waals surface area contributed by atoms with Crippen LogP contribution in [0.5, 0.6) is 0 Å². The number of carbonyl (C=O) groups is 3. The zero-order valence-corrected chi connectivity index (χ0v) is 27.8. The topological polar surface area (TPSA) is 88.2 Å². The van der Waals surface area contributed by atoms with Gasteiger partial charge in [0.25, 0.3) is 0 Å². The number of urea groups is 2. The number of hydrogen-bond donors (Lipinski definition) is 2. The minimum Gasteiger partial charge on any atom is -0.341 e. The summed E-state index contributed by atoms with van der Waals surface area (Å²) in [6.07, 6.45) is 9.58. The first-order chi connectivity index (χ1) is 22.4. The van der Waals surface area contributed by atoms with E-state index in [0.29, 0.717) is 32.1 Å². The van der Waals surface area contributed by atoms with Crippen LogP contribution in [-0.2, 0) is 24.1 Å². The summed E-state index contributed by atoms with van der Waals surface area (Å²) in [5, 5.41) is 6.25. The van der Waals surface area contributed by atoms with Gasteiger partial charge in [0.05, 0.1) is 0 Å². The lowest BCUT2D eigenvalue weighted by Crippen LogP contribution is -2.57. The second-order valence-electron chi connectivity index (χ2n) is 13.7. The van der Waals surface area contributed by atoms with E-state index in [1.165, 1.54) is 43.5 Å². The van der Waals surface area contributed by atoms with E-state index in [1.807, 2.05) is 32.9 Å². The molecule has 4 aliphatic rings. The van der Waals surface area contributed by atoms with E-state index in [9.17, 15) is 14.4 Å². The van der Waals surface area contributed by atoms with Crippen molar-refractivity contribution in [3.05, 3.63) is 64.7 Å². The van der Waals surface area contributed by atoms with Crippen molar-refractivity contribution >= 4 is 23.7 Å². The molecule has 9 heteroatoms. The number of aryl methyl sites for hydroxylation is 2. The number of likely N-dealkylation sites (tertiary alicyclic amines) is 3. The third kappa shape index (κ3) is 7.51. The molecule has 0 aliphatic carbocycles. The van der Waals surface area contributed by atoms with E-state index < -0.39 is 6.04 Å². The van der Waals surface area contributed by atoms with Crippen molar-refractivity contribution < 1.29 is 14.4 Å². The van der Waals surface area contributed by atoms with Gasteiger partial charge < -0.3 is 30.2 Å². The highest BCUT2D eigenvalue weighted by molar-refractivity contribution is 5.91. The molecule has 6 rings (SSSR count). The number of nitrogens with one attached hydrogen (secondary N) is 2. The molecular formula is C37H52N6O3. The highest BCUT2D eigenvalue weighted by Gasteiger charge is 2.35. The molecule has 4 heterocycles. The molecule has 4 aliphatic heterocycles. The summed E-state index contributed by atoms with van der Waals surface area (Å²) < 4.78 is 0. The van der Waals surface area contributed by atoms with Crippen molar-refractivity contribution in [2.24, 2.45) is 0 Å². The fourth-order valence-electron chi connectivity index (χ4n) is 8.03. The molecule has 1 atom stereocenters. The van der Waals surface area contributed by atoms with E-state index in [-0.39, 0.29) is 24.0 Å². The fourth-order valence-corrected chi connectivity index (χ4v) is 8.03. The summed E-state index contributed by atoms with van der Waals surface area (Å²) in [6.45, 7) is 9.90. The summed E-state index contributed by atoms with van der Waals surface area (Å²) in [4.78, 5) is 49.2. The molecule has 0 aromatic heterocycles. The van der Waals surface area contributed by atoms with Crippen LogP contribution in [-0.4, -0.2) is 102 Å². The quantitative estimate of drug-likeness (QED) is 0.441. The summed E-state index contributed by atoms with van der Waals surface area (Å²) in [7, 11) is 0. The van der Waals surface area contributed by atoms with Crippen molar-refractivity contribution in [1.29, 1.82) is 0 Å².